The van der Waals surface area contributed by atoms with Crippen LogP contribution >= 0.6 is 27.5 Å². The first kappa shape index (κ1) is 21.0. The summed E-state index contributed by atoms with van der Waals surface area (Å²) in [5, 5.41) is 3.33. The van der Waals surface area contributed by atoms with Gasteiger partial charge < -0.3 is 10.2 Å². The largest absolute Gasteiger partial charge is 0.334 e. The summed E-state index contributed by atoms with van der Waals surface area (Å²) in [6.45, 7) is 1.05. The Kier molecular flexibility index (Phi) is 6.59. The Morgan fingerprint density at radius 1 is 1.14 bits per heavy atom. The maximum atomic E-state index is 13.4. The quantitative estimate of drug-likeness (QED) is 0.714. The number of sulfonamides is 1. The summed E-state index contributed by atoms with van der Waals surface area (Å²) in [5.74, 6) is -0.606. The third-order valence-corrected chi connectivity index (χ3v) is 7.14. The first-order valence-corrected chi connectivity index (χ1v) is 11.1. The highest BCUT2D eigenvalue weighted by Crippen LogP contribution is 2.21. The van der Waals surface area contributed by atoms with Crippen LogP contribution in [-0.2, 0) is 16.6 Å². The lowest BCUT2D eigenvalue weighted by atomic mass is 10.2. The van der Waals surface area contributed by atoms with Gasteiger partial charge in [0.2, 0.25) is 10.0 Å². The van der Waals surface area contributed by atoms with Gasteiger partial charge in [-0.3, -0.25) is 0 Å². The predicted octanol–water partition coefficient (Wildman–Crippen LogP) is 3.46. The maximum absolute atomic E-state index is 13.4. The number of hydrogen-bond acceptors (Lipinski definition) is 3. The smallest absolute Gasteiger partial charge is 0.317 e. The van der Waals surface area contributed by atoms with E-state index in [1.165, 1.54) is 22.5 Å². The average molecular weight is 491 g/mol. The molecule has 28 heavy (non-hydrogen) atoms. The SMILES string of the molecule is O=C(NCc1ccc(Br)cc1Cl)N1CCN(S(=O)(=O)c2cccc(F)c2)CC1. The highest BCUT2D eigenvalue weighted by molar-refractivity contribution is 9.10. The minimum absolute atomic E-state index is 0.0877. The van der Waals surface area contributed by atoms with Crippen LogP contribution in [0, 0.1) is 5.82 Å². The number of hydrogen-bond donors (Lipinski definition) is 1. The maximum Gasteiger partial charge on any atom is 0.317 e. The van der Waals surface area contributed by atoms with Gasteiger partial charge in [-0.2, -0.15) is 4.31 Å². The Hall–Kier alpha value is -1.68. The number of carbonyl (C=O) groups is 1. The third kappa shape index (κ3) is 4.83. The molecule has 1 aliphatic rings. The van der Waals surface area contributed by atoms with E-state index in [2.05, 4.69) is 21.2 Å². The zero-order chi connectivity index (χ0) is 20.3. The van der Waals surface area contributed by atoms with Crippen LogP contribution in [0.4, 0.5) is 9.18 Å². The molecule has 0 bridgehead atoms. The Bertz CT molecular complexity index is 982. The second-order valence-corrected chi connectivity index (χ2v) is 9.50. The fraction of sp³-hybridized carbons (Fsp3) is 0.278. The molecule has 1 aliphatic heterocycles. The second-order valence-electron chi connectivity index (χ2n) is 6.24. The molecular weight excluding hydrogens is 473 g/mol. The lowest BCUT2D eigenvalue weighted by Gasteiger charge is -2.34. The zero-order valence-electron chi connectivity index (χ0n) is 14.7. The molecule has 0 atom stereocenters. The van der Waals surface area contributed by atoms with E-state index >= 15 is 0 Å². The monoisotopic (exact) mass is 489 g/mol. The van der Waals surface area contributed by atoms with E-state index in [-0.39, 0.29) is 43.7 Å². The van der Waals surface area contributed by atoms with E-state index in [1.807, 2.05) is 12.1 Å². The van der Waals surface area contributed by atoms with Crippen LogP contribution < -0.4 is 5.32 Å². The number of amides is 2. The van der Waals surface area contributed by atoms with Gasteiger partial charge in [-0.25, -0.2) is 17.6 Å². The molecule has 2 aromatic rings. The van der Waals surface area contributed by atoms with Gasteiger partial charge in [0, 0.05) is 42.2 Å². The van der Waals surface area contributed by atoms with Crippen molar-refractivity contribution in [3.8, 4) is 0 Å². The molecule has 10 heteroatoms. The molecule has 0 unspecified atom stereocenters. The standard InChI is InChI=1S/C18H18BrClFN3O3S/c19-14-5-4-13(17(20)10-14)12-22-18(25)23-6-8-24(9-7-23)28(26,27)16-3-1-2-15(21)11-16/h1-5,10-11H,6-9,12H2,(H,22,25). The summed E-state index contributed by atoms with van der Waals surface area (Å²) in [4.78, 5) is 13.8. The van der Waals surface area contributed by atoms with Crippen molar-refractivity contribution in [1.29, 1.82) is 0 Å². The molecule has 0 radical (unpaired) electrons. The van der Waals surface area contributed by atoms with Crippen molar-refractivity contribution in [3.63, 3.8) is 0 Å². The number of urea groups is 1. The van der Waals surface area contributed by atoms with Crippen LogP contribution in [0.2, 0.25) is 5.02 Å². The van der Waals surface area contributed by atoms with Gasteiger partial charge >= 0.3 is 6.03 Å². The summed E-state index contributed by atoms with van der Waals surface area (Å²) in [6.07, 6.45) is 0. The molecule has 3 rings (SSSR count). The molecule has 0 spiro atoms. The fourth-order valence-corrected chi connectivity index (χ4v) is 5.05. The van der Waals surface area contributed by atoms with Crippen molar-refractivity contribution >= 4 is 43.6 Å². The first-order chi connectivity index (χ1) is 13.3. The van der Waals surface area contributed by atoms with Gasteiger partial charge in [0.25, 0.3) is 0 Å². The number of halogens is 3. The Labute approximate surface area is 176 Å². The van der Waals surface area contributed by atoms with E-state index in [1.54, 1.807) is 11.0 Å². The summed E-state index contributed by atoms with van der Waals surface area (Å²) in [6, 6.07) is 10.0. The molecule has 1 N–H and O–H groups in total. The third-order valence-electron chi connectivity index (χ3n) is 4.40. The van der Waals surface area contributed by atoms with Crippen molar-refractivity contribution in [1.82, 2.24) is 14.5 Å². The number of rotatable bonds is 4. The molecule has 2 amide bonds. The van der Waals surface area contributed by atoms with Crippen LogP contribution in [0.15, 0.2) is 51.8 Å². The Morgan fingerprint density at radius 3 is 2.50 bits per heavy atom. The van der Waals surface area contributed by atoms with Crippen molar-refractivity contribution in [2.75, 3.05) is 26.2 Å². The second kappa shape index (κ2) is 8.77. The normalized spacial score (nSPS) is 15.5. The first-order valence-electron chi connectivity index (χ1n) is 8.50. The van der Waals surface area contributed by atoms with Crippen molar-refractivity contribution in [2.45, 2.75) is 11.4 Å². The Morgan fingerprint density at radius 2 is 1.86 bits per heavy atom. The van der Waals surface area contributed by atoms with Crippen molar-refractivity contribution in [2.24, 2.45) is 0 Å². The molecule has 1 saturated heterocycles. The van der Waals surface area contributed by atoms with Crippen molar-refractivity contribution < 1.29 is 17.6 Å². The van der Waals surface area contributed by atoms with Crippen molar-refractivity contribution in [3.05, 3.63) is 63.3 Å². The van der Waals surface area contributed by atoms with E-state index < -0.39 is 15.8 Å². The minimum atomic E-state index is -3.79. The van der Waals surface area contributed by atoms with Gasteiger partial charge in [-0.05, 0) is 35.9 Å². The fourth-order valence-electron chi connectivity index (χ4n) is 2.86. The number of carbonyl (C=O) groups excluding carboxylic acids is 1. The van der Waals surface area contributed by atoms with Gasteiger partial charge in [0.05, 0.1) is 4.90 Å². The lowest BCUT2D eigenvalue weighted by Crippen LogP contribution is -2.52. The highest BCUT2D eigenvalue weighted by Gasteiger charge is 2.30. The van der Waals surface area contributed by atoms with Gasteiger partial charge in [0.1, 0.15) is 5.82 Å². The van der Waals surface area contributed by atoms with Gasteiger partial charge in [-0.15, -0.1) is 0 Å². The zero-order valence-corrected chi connectivity index (χ0v) is 17.9. The average Bonchev–Trinajstić information content (AvgIpc) is 2.67. The van der Waals surface area contributed by atoms with E-state index in [0.717, 1.165) is 16.1 Å². The van der Waals surface area contributed by atoms with E-state index in [9.17, 15) is 17.6 Å². The summed E-state index contributed by atoms with van der Waals surface area (Å²) in [7, 11) is -3.79. The highest BCUT2D eigenvalue weighted by atomic mass is 79.9. The summed E-state index contributed by atoms with van der Waals surface area (Å²) in [5.41, 5.74) is 0.783. The number of piperazine rings is 1. The molecule has 150 valence electrons. The molecule has 0 aromatic heterocycles. The number of nitrogens with one attached hydrogen (secondary N) is 1. The van der Waals surface area contributed by atoms with Crippen LogP contribution in [0.3, 0.4) is 0 Å². The lowest BCUT2D eigenvalue weighted by molar-refractivity contribution is 0.172. The van der Waals surface area contributed by atoms with Crippen LogP contribution in [0.5, 0.6) is 0 Å². The molecular formula is C18H18BrClFN3O3S. The molecule has 0 saturated carbocycles. The predicted molar refractivity (Wildman–Crippen MR) is 108 cm³/mol. The summed E-state index contributed by atoms with van der Waals surface area (Å²) < 4.78 is 40.7. The van der Waals surface area contributed by atoms with Crippen LogP contribution in [-0.4, -0.2) is 49.8 Å². The van der Waals surface area contributed by atoms with Gasteiger partial charge in [-0.1, -0.05) is 39.7 Å². The topological polar surface area (TPSA) is 69.7 Å². The number of benzene rings is 2. The molecule has 1 heterocycles. The van der Waals surface area contributed by atoms with Crippen LogP contribution in [0.25, 0.3) is 0 Å². The minimum Gasteiger partial charge on any atom is -0.334 e. The molecule has 1 fully saturated rings. The molecule has 6 nitrogen and oxygen atoms in total. The number of nitrogens with zero attached hydrogens (tertiary/aromatic N) is 2. The molecule has 0 aliphatic carbocycles. The van der Waals surface area contributed by atoms with E-state index in [0.29, 0.717) is 5.02 Å². The molecule has 2 aromatic carbocycles. The van der Waals surface area contributed by atoms with Crippen LogP contribution in [0.1, 0.15) is 5.56 Å². The Balaban J connectivity index is 1.56. The van der Waals surface area contributed by atoms with Gasteiger partial charge in [0.15, 0.2) is 0 Å². The summed E-state index contributed by atoms with van der Waals surface area (Å²) >= 11 is 9.47. The van der Waals surface area contributed by atoms with E-state index in [4.69, 9.17) is 11.6 Å².